The first kappa shape index (κ1) is 15.1. The van der Waals surface area contributed by atoms with Gasteiger partial charge >= 0.3 is 6.18 Å². The second-order valence-corrected chi connectivity index (χ2v) is 3.45. The van der Waals surface area contributed by atoms with E-state index in [1.807, 2.05) is 0 Å². The number of rotatable bonds is 3. The molecule has 0 saturated carbocycles. The summed E-state index contributed by atoms with van der Waals surface area (Å²) in [5.74, 6) is -2.79. The Bertz CT molecular complexity index is 345. The van der Waals surface area contributed by atoms with Crippen molar-refractivity contribution in [1.29, 1.82) is 0 Å². The van der Waals surface area contributed by atoms with Gasteiger partial charge in [-0.2, -0.15) is 13.2 Å². The molecular formula is C8H5F3O2STb. The van der Waals surface area contributed by atoms with Crippen LogP contribution in [-0.2, 0) is 4.79 Å². The van der Waals surface area contributed by atoms with Crippen LogP contribution < -0.4 is 0 Å². The molecule has 0 atom stereocenters. The predicted octanol–water partition coefficient (Wildman–Crippen LogP) is 2.45. The first-order valence-electron chi connectivity index (χ1n) is 3.58. The van der Waals surface area contributed by atoms with E-state index in [2.05, 4.69) is 0 Å². The van der Waals surface area contributed by atoms with E-state index in [-0.39, 0.29) is 43.5 Å². The van der Waals surface area contributed by atoms with Gasteiger partial charge in [0.05, 0.1) is 11.3 Å². The maximum Gasteiger partial charge on any atom is 0.450 e. The van der Waals surface area contributed by atoms with Crippen LogP contribution in [0.3, 0.4) is 0 Å². The number of thiophene rings is 1. The van der Waals surface area contributed by atoms with Crippen LogP contribution in [0, 0.1) is 38.6 Å². The number of carbonyl (C=O) groups excluding carboxylic acids is 2. The average molecular weight is 381 g/mol. The van der Waals surface area contributed by atoms with Crippen LogP contribution in [0.4, 0.5) is 13.2 Å². The zero-order valence-electron chi connectivity index (χ0n) is 7.13. The summed E-state index contributed by atoms with van der Waals surface area (Å²) < 4.78 is 35.3. The molecule has 1 aromatic heterocycles. The smallest absolute Gasteiger partial charge is 0.293 e. The number of alkyl halides is 3. The van der Waals surface area contributed by atoms with Crippen LogP contribution in [0.1, 0.15) is 16.1 Å². The fourth-order valence-corrected chi connectivity index (χ4v) is 1.43. The van der Waals surface area contributed by atoms with Crippen LogP contribution in [-0.4, -0.2) is 17.7 Å². The van der Waals surface area contributed by atoms with Crippen LogP contribution in [0.2, 0.25) is 0 Å². The molecule has 1 rings (SSSR count). The minimum atomic E-state index is -4.92. The van der Waals surface area contributed by atoms with Crippen molar-refractivity contribution in [2.24, 2.45) is 0 Å². The molecule has 2 nitrogen and oxygen atoms in total. The third kappa shape index (κ3) is 4.65. The molecule has 0 spiro atoms. The molecule has 0 unspecified atom stereocenters. The number of halogens is 3. The first-order chi connectivity index (χ1) is 6.41. The molecule has 0 aliphatic heterocycles. The summed E-state index contributed by atoms with van der Waals surface area (Å²) in [5.41, 5.74) is 0. The Morgan fingerprint density at radius 2 is 1.93 bits per heavy atom. The molecule has 0 aliphatic rings. The third-order valence-corrected chi connectivity index (χ3v) is 2.34. The Kier molecular flexibility index (Phi) is 6.05. The average Bonchev–Trinajstić information content (AvgIpc) is 2.53. The standard InChI is InChI=1S/C8H5F3O2S.Tb/c9-8(10,11)7(13)4-5(12)6-2-1-3-14-6;/h1-3H,4H2;. The van der Waals surface area contributed by atoms with Gasteiger partial charge < -0.3 is 0 Å². The number of hydrogen-bond donors (Lipinski definition) is 0. The largest absolute Gasteiger partial charge is 0.450 e. The topological polar surface area (TPSA) is 34.1 Å². The number of carbonyl (C=O) groups is 2. The molecule has 85 valence electrons. The minimum absolute atomic E-state index is 0. The quantitative estimate of drug-likeness (QED) is 0.596. The number of Topliss-reactive ketones (excluding diaryl/α,β-unsaturated/α-hetero) is 2. The van der Waals surface area contributed by atoms with Gasteiger partial charge in [-0.05, 0) is 11.4 Å². The molecule has 0 aliphatic carbocycles. The van der Waals surface area contributed by atoms with E-state index in [1.54, 1.807) is 5.38 Å². The maximum atomic E-state index is 11.8. The molecule has 15 heavy (non-hydrogen) atoms. The van der Waals surface area contributed by atoms with Gasteiger partial charge in [0.25, 0.3) is 0 Å². The molecule has 0 bridgehead atoms. The van der Waals surface area contributed by atoms with Gasteiger partial charge in [-0.25, -0.2) is 0 Å². The van der Waals surface area contributed by atoms with E-state index in [4.69, 9.17) is 0 Å². The SMILES string of the molecule is O=C(CC(=O)C(F)(F)F)c1cccs1.[Tb]. The van der Waals surface area contributed by atoms with E-state index in [0.29, 0.717) is 0 Å². The molecule has 0 aromatic carbocycles. The minimum Gasteiger partial charge on any atom is -0.293 e. The zero-order valence-corrected chi connectivity index (χ0v) is 10.1. The fourth-order valence-electron chi connectivity index (χ4n) is 0.770. The maximum absolute atomic E-state index is 11.8. The molecule has 0 amide bonds. The Hall–Kier alpha value is 0.116. The van der Waals surface area contributed by atoms with Gasteiger partial charge in [0.2, 0.25) is 5.78 Å². The van der Waals surface area contributed by atoms with E-state index in [0.717, 1.165) is 11.3 Å². The van der Waals surface area contributed by atoms with Crippen molar-refractivity contribution in [3.63, 3.8) is 0 Å². The molecule has 1 aromatic rings. The molecule has 0 fully saturated rings. The van der Waals surface area contributed by atoms with E-state index >= 15 is 0 Å². The first-order valence-corrected chi connectivity index (χ1v) is 4.46. The van der Waals surface area contributed by atoms with Crippen molar-refractivity contribution >= 4 is 22.9 Å². The van der Waals surface area contributed by atoms with Gasteiger partial charge in [0.1, 0.15) is 0 Å². The summed E-state index contributed by atoms with van der Waals surface area (Å²) in [4.78, 5) is 21.7. The van der Waals surface area contributed by atoms with Crippen molar-refractivity contribution in [2.75, 3.05) is 0 Å². The fraction of sp³-hybridized carbons (Fsp3) is 0.250. The van der Waals surface area contributed by atoms with E-state index < -0.39 is 24.2 Å². The summed E-state index contributed by atoms with van der Waals surface area (Å²) in [6.07, 6.45) is -6.03. The third-order valence-electron chi connectivity index (χ3n) is 1.43. The van der Waals surface area contributed by atoms with Crippen molar-refractivity contribution < 1.29 is 61.4 Å². The Morgan fingerprint density at radius 1 is 1.33 bits per heavy atom. The van der Waals surface area contributed by atoms with Crippen LogP contribution in [0.25, 0.3) is 0 Å². The summed E-state index contributed by atoms with van der Waals surface area (Å²) in [6, 6.07) is 2.92. The van der Waals surface area contributed by atoms with Crippen LogP contribution in [0.15, 0.2) is 17.5 Å². The summed E-state index contributed by atoms with van der Waals surface area (Å²) in [5, 5.41) is 1.56. The van der Waals surface area contributed by atoms with E-state index in [1.165, 1.54) is 12.1 Å². The number of hydrogen-bond acceptors (Lipinski definition) is 3. The predicted molar refractivity (Wildman–Crippen MR) is 44.3 cm³/mol. The number of ketones is 2. The molecule has 1 heterocycles. The van der Waals surface area contributed by atoms with Crippen LogP contribution >= 0.6 is 11.3 Å². The summed E-state index contributed by atoms with van der Waals surface area (Å²) >= 11 is 1.01. The molecule has 0 saturated heterocycles. The van der Waals surface area contributed by atoms with Gasteiger partial charge in [-0.15, -0.1) is 11.3 Å². The van der Waals surface area contributed by atoms with Gasteiger partial charge in [-0.1, -0.05) is 6.07 Å². The van der Waals surface area contributed by atoms with Gasteiger partial charge in [0, 0.05) is 38.6 Å². The molecule has 1 radical (unpaired) electrons. The van der Waals surface area contributed by atoms with Gasteiger partial charge in [0.15, 0.2) is 5.78 Å². The van der Waals surface area contributed by atoms with Crippen LogP contribution in [0.5, 0.6) is 0 Å². The van der Waals surface area contributed by atoms with Crippen molar-refractivity contribution in [2.45, 2.75) is 12.6 Å². The second kappa shape index (κ2) is 6.00. The van der Waals surface area contributed by atoms with Crippen molar-refractivity contribution in [3.8, 4) is 0 Å². The molecule has 0 N–H and O–H groups in total. The Morgan fingerprint density at radius 3 is 2.33 bits per heavy atom. The summed E-state index contributed by atoms with van der Waals surface area (Å²) in [6.45, 7) is 0. The Balaban J connectivity index is 0.00000196. The van der Waals surface area contributed by atoms with Gasteiger partial charge in [-0.3, -0.25) is 9.59 Å². The van der Waals surface area contributed by atoms with Crippen molar-refractivity contribution in [1.82, 2.24) is 0 Å². The van der Waals surface area contributed by atoms with E-state index in [9.17, 15) is 22.8 Å². The second-order valence-electron chi connectivity index (χ2n) is 2.50. The monoisotopic (exact) mass is 381 g/mol. The molecular weight excluding hydrogens is 376 g/mol. The summed E-state index contributed by atoms with van der Waals surface area (Å²) in [7, 11) is 0. The normalized spacial score (nSPS) is 10.6. The Labute approximate surface area is 118 Å². The van der Waals surface area contributed by atoms with Crippen molar-refractivity contribution in [3.05, 3.63) is 22.4 Å². The molecule has 7 heteroatoms. The zero-order chi connectivity index (χ0) is 10.8.